The summed E-state index contributed by atoms with van der Waals surface area (Å²) in [6.45, 7) is 1.86. The molecule has 0 atom stereocenters. The third kappa shape index (κ3) is 5.66. The molecule has 0 spiro atoms. The Bertz CT molecular complexity index is 1260. The Morgan fingerprint density at radius 1 is 1.06 bits per heavy atom. The molecule has 1 amide bonds. The summed E-state index contributed by atoms with van der Waals surface area (Å²) in [6, 6.07) is 11.4. The van der Waals surface area contributed by atoms with Gasteiger partial charge in [0, 0.05) is 27.9 Å². The molecule has 7 nitrogen and oxygen atoms in total. The van der Waals surface area contributed by atoms with E-state index in [0.717, 1.165) is 11.8 Å². The van der Waals surface area contributed by atoms with Crippen LogP contribution in [0.3, 0.4) is 0 Å². The van der Waals surface area contributed by atoms with Gasteiger partial charge in [0.05, 0.1) is 13.4 Å². The van der Waals surface area contributed by atoms with E-state index in [-0.39, 0.29) is 16.5 Å². The van der Waals surface area contributed by atoms with Crippen molar-refractivity contribution < 1.29 is 22.7 Å². The van der Waals surface area contributed by atoms with Gasteiger partial charge >= 0.3 is 0 Å². The summed E-state index contributed by atoms with van der Waals surface area (Å²) in [5.74, 6) is 0.352. The van der Waals surface area contributed by atoms with Crippen molar-refractivity contribution in [3.8, 4) is 28.5 Å². The molecule has 0 aliphatic heterocycles. The minimum Gasteiger partial charge on any atom is -0.496 e. The molecule has 0 fully saturated rings. The number of carbonyl (C=O) groups excluding carboxylic acids is 1. The lowest BCUT2D eigenvalue weighted by atomic mass is 10.0. The predicted octanol–water partition coefficient (Wildman–Crippen LogP) is 4.85. The van der Waals surface area contributed by atoms with Gasteiger partial charge < -0.3 is 9.47 Å². The number of aromatic nitrogens is 1. The molecule has 162 valence electrons. The fourth-order valence-electron chi connectivity index (χ4n) is 2.74. The predicted molar refractivity (Wildman–Crippen MR) is 120 cm³/mol. The third-order valence-corrected chi connectivity index (χ3v) is 5.46. The first-order valence-corrected chi connectivity index (χ1v) is 11.5. The van der Waals surface area contributed by atoms with E-state index in [1.165, 1.54) is 19.2 Å². The number of hydrogen-bond acceptors (Lipinski definition) is 6. The van der Waals surface area contributed by atoms with Gasteiger partial charge in [0.25, 0.3) is 5.91 Å². The zero-order chi connectivity index (χ0) is 22.8. The Labute approximate surface area is 190 Å². The van der Waals surface area contributed by atoms with Gasteiger partial charge in [-0.2, -0.15) is 0 Å². The molecule has 0 saturated heterocycles. The smallest absolute Gasteiger partial charge is 0.264 e. The van der Waals surface area contributed by atoms with Crippen LogP contribution in [0.5, 0.6) is 17.4 Å². The molecule has 31 heavy (non-hydrogen) atoms. The Balaban J connectivity index is 1.89. The number of pyridine rings is 1. The fraction of sp³-hybridized carbons (Fsp3) is 0.143. The van der Waals surface area contributed by atoms with Crippen LogP contribution in [0.25, 0.3) is 11.1 Å². The maximum atomic E-state index is 12.1. The molecule has 0 bridgehead atoms. The number of halogens is 2. The highest BCUT2D eigenvalue weighted by molar-refractivity contribution is 7.89. The van der Waals surface area contributed by atoms with E-state index in [2.05, 4.69) is 4.98 Å². The summed E-state index contributed by atoms with van der Waals surface area (Å²) in [5, 5.41) is 0.897. The Hall–Kier alpha value is -2.81. The number of sulfonamides is 1. The van der Waals surface area contributed by atoms with Crippen LogP contribution in [0.1, 0.15) is 15.9 Å². The largest absolute Gasteiger partial charge is 0.496 e. The average molecular weight is 481 g/mol. The van der Waals surface area contributed by atoms with Crippen LogP contribution in [0.15, 0.2) is 48.7 Å². The van der Waals surface area contributed by atoms with E-state index in [4.69, 9.17) is 32.7 Å². The molecule has 2 aromatic carbocycles. The second-order valence-electron chi connectivity index (χ2n) is 6.64. The summed E-state index contributed by atoms with van der Waals surface area (Å²) in [4.78, 5) is 16.4. The van der Waals surface area contributed by atoms with Gasteiger partial charge in [0.2, 0.25) is 15.9 Å². The second kappa shape index (κ2) is 9.13. The number of carbonyl (C=O) groups is 1. The summed E-state index contributed by atoms with van der Waals surface area (Å²) in [7, 11) is -2.25. The van der Waals surface area contributed by atoms with Gasteiger partial charge in [-0.1, -0.05) is 23.2 Å². The number of amides is 1. The minimum atomic E-state index is -3.68. The summed E-state index contributed by atoms with van der Waals surface area (Å²) < 4.78 is 35.6. The van der Waals surface area contributed by atoms with Crippen molar-refractivity contribution in [2.24, 2.45) is 0 Å². The van der Waals surface area contributed by atoms with E-state index < -0.39 is 15.9 Å². The van der Waals surface area contributed by atoms with Gasteiger partial charge in [0.1, 0.15) is 16.5 Å². The standard InChI is InChI=1S/C21H18Cl2N2O5S/c1-12-8-15(5-7-17(12)22)30-21-18(23)9-14(11-24-21)16-6-4-13(10-19(16)29-2)20(26)25-31(3,27)28/h4-11H,1-3H3,(H,25,26). The molecular weight excluding hydrogens is 463 g/mol. The Morgan fingerprint density at radius 3 is 2.42 bits per heavy atom. The van der Waals surface area contributed by atoms with Gasteiger partial charge in [-0.25, -0.2) is 18.1 Å². The lowest BCUT2D eigenvalue weighted by molar-refractivity contribution is 0.0981. The normalized spacial score (nSPS) is 11.1. The maximum absolute atomic E-state index is 12.1. The molecule has 1 aromatic heterocycles. The van der Waals surface area contributed by atoms with E-state index >= 15 is 0 Å². The molecule has 0 radical (unpaired) electrons. The number of rotatable bonds is 6. The van der Waals surface area contributed by atoms with Crippen LogP contribution in [0, 0.1) is 6.92 Å². The number of hydrogen-bond donors (Lipinski definition) is 1. The molecule has 0 unspecified atom stereocenters. The van der Waals surface area contributed by atoms with Crippen molar-refractivity contribution in [3.63, 3.8) is 0 Å². The van der Waals surface area contributed by atoms with Crippen LogP contribution < -0.4 is 14.2 Å². The van der Waals surface area contributed by atoms with Crippen LogP contribution >= 0.6 is 23.2 Å². The number of ether oxygens (including phenoxy) is 2. The van der Waals surface area contributed by atoms with E-state index in [0.29, 0.717) is 27.6 Å². The quantitative estimate of drug-likeness (QED) is 0.541. The molecular formula is C21H18Cl2N2O5S. The average Bonchev–Trinajstić information content (AvgIpc) is 2.70. The molecule has 3 aromatic rings. The lowest BCUT2D eigenvalue weighted by Crippen LogP contribution is -2.29. The van der Waals surface area contributed by atoms with Crippen molar-refractivity contribution in [2.75, 3.05) is 13.4 Å². The van der Waals surface area contributed by atoms with Crippen LogP contribution in [0.2, 0.25) is 10.0 Å². The van der Waals surface area contributed by atoms with Gasteiger partial charge in [0.15, 0.2) is 0 Å². The Kier molecular flexibility index (Phi) is 6.74. The third-order valence-electron chi connectivity index (χ3n) is 4.20. The van der Waals surface area contributed by atoms with Crippen molar-refractivity contribution in [2.45, 2.75) is 6.92 Å². The maximum Gasteiger partial charge on any atom is 0.264 e. The van der Waals surface area contributed by atoms with Crippen LogP contribution in [-0.4, -0.2) is 32.7 Å². The number of nitrogens with one attached hydrogen (secondary N) is 1. The van der Waals surface area contributed by atoms with Crippen LogP contribution in [-0.2, 0) is 10.0 Å². The topological polar surface area (TPSA) is 94.6 Å². The van der Waals surface area contributed by atoms with E-state index in [1.807, 2.05) is 11.6 Å². The van der Waals surface area contributed by atoms with Crippen molar-refractivity contribution in [1.29, 1.82) is 0 Å². The first-order chi connectivity index (χ1) is 14.6. The number of nitrogens with zero attached hydrogens (tertiary/aromatic N) is 1. The molecule has 0 aliphatic carbocycles. The van der Waals surface area contributed by atoms with Crippen LogP contribution in [0.4, 0.5) is 0 Å². The molecule has 3 rings (SSSR count). The zero-order valence-corrected chi connectivity index (χ0v) is 19.1. The number of methoxy groups -OCH3 is 1. The fourth-order valence-corrected chi connectivity index (χ4v) is 3.52. The number of benzene rings is 2. The van der Waals surface area contributed by atoms with Crippen molar-refractivity contribution in [1.82, 2.24) is 9.71 Å². The molecule has 0 saturated carbocycles. The van der Waals surface area contributed by atoms with Crippen molar-refractivity contribution >= 4 is 39.1 Å². The van der Waals surface area contributed by atoms with E-state index in [1.54, 1.807) is 36.5 Å². The number of aryl methyl sites for hydroxylation is 1. The first-order valence-electron chi connectivity index (χ1n) is 8.87. The summed E-state index contributed by atoms with van der Waals surface area (Å²) in [6.07, 6.45) is 2.46. The first kappa shape index (κ1) is 22.9. The molecule has 1 N–H and O–H groups in total. The highest BCUT2D eigenvalue weighted by Gasteiger charge is 2.16. The second-order valence-corrected chi connectivity index (χ2v) is 9.21. The molecule has 1 heterocycles. The van der Waals surface area contributed by atoms with E-state index in [9.17, 15) is 13.2 Å². The highest BCUT2D eigenvalue weighted by atomic mass is 35.5. The SMILES string of the molecule is COc1cc(C(=O)NS(C)(=O)=O)ccc1-c1cnc(Oc2ccc(Cl)c(C)c2)c(Cl)c1. The molecule has 10 heteroatoms. The van der Waals surface area contributed by atoms with Gasteiger partial charge in [-0.3, -0.25) is 4.79 Å². The summed E-state index contributed by atoms with van der Waals surface area (Å²) >= 11 is 12.4. The molecule has 0 aliphatic rings. The van der Waals surface area contributed by atoms with Crippen molar-refractivity contribution in [3.05, 3.63) is 69.8 Å². The van der Waals surface area contributed by atoms with Gasteiger partial charge in [-0.05, 0) is 55.0 Å². The minimum absolute atomic E-state index is 0.128. The Morgan fingerprint density at radius 2 is 1.81 bits per heavy atom. The highest BCUT2D eigenvalue weighted by Crippen LogP contribution is 2.36. The monoisotopic (exact) mass is 480 g/mol. The lowest BCUT2D eigenvalue weighted by Gasteiger charge is -2.13. The summed E-state index contributed by atoms with van der Waals surface area (Å²) in [5.41, 5.74) is 2.22. The zero-order valence-electron chi connectivity index (χ0n) is 16.8. The van der Waals surface area contributed by atoms with Gasteiger partial charge in [-0.15, -0.1) is 0 Å².